The van der Waals surface area contributed by atoms with Crippen LogP contribution in [-0.4, -0.2) is 9.97 Å². The Labute approximate surface area is 122 Å². The van der Waals surface area contributed by atoms with E-state index in [0.29, 0.717) is 21.8 Å². The van der Waals surface area contributed by atoms with Gasteiger partial charge in [0.1, 0.15) is 16.1 Å². The van der Waals surface area contributed by atoms with E-state index in [0.717, 1.165) is 18.5 Å². The molecule has 1 aliphatic carbocycles. The molecule has 0 spiro atoms. The Morgan fingerprint density at radius 3 is 2.79 bits per heavy atom. The molecule has 0 amide bonds. The minimum atomic E-state index is -0.493. The summed E-state index contributed by atoms with van der Waals surface area (Å²) in [5, 5.41) is 0.0102. The molecule has 0 saturated heterocycles. The van der Waals surface area contributed by atoms with E-state index in [4.69, 9.17) is 11.6 Å². The van der Waals surface area contributed by atoms with Crippen LogP contribution in [0.25, 0.3) is 11.4 Å². The third-order valence-electron chi connectivity index (χ3n) is 3.05. The Balaban J connectivity index is 2.14. The molecule has 1 aromatic carbocycles. The summed E-state index contributed by atoms with van der Waals surface area (Å²) in [4.78, 5) is 19.0. The van der Waals surface area contributed by atoms with Crippen LogP contribution in [0.2, 0.25) is 5.02 Å². The number of nitrogens with zero attached hydrogens (tertiary/aromatic N) is 1. The van der Waals surface area contributed by atoms with Gasteiger partial charge < -0.3 is 4.98 Å². The highest BCUT2D eigenvalue weighted by Crippen LogP contribution is 2.41. The molecule has 1 N–H and O–H groups in total. The molecule has 2 aromatic rings. The van der Waals surface area contributed by atoms with Crippen LogP contribution >= 0.6 is 27.5 Å². The van der Waals surface area contributed by atoms with Crippen LogP contribution in [0.3, 0.4) is 0 Å². The largest absolute Gasteiger partial charge is 0.306 e. The highest BCUT2D eigenvalue weighted by atomic mass is 79.9. The topological polar surface area (TPSA) is 45.8 Å². The number of nitrogens with one attached hydrogen (secondary N) is 1. The van der Waals surface area contributed by atoms with Crippen LogP contribution in [0.5, 0.6) is 0 Å². The fourth-order valence-electron chi connectivity index (χ4n) is 1.88. The van der Waals surface area contributed by atoms with Gasteiger partial charge in [-0.05, 0) is 47.0 Å². The summed E-state index contributed by atoms with van der Waals surface area (Å²) in [6.45, 7) is 0. The lowest BCUT2D eigenvalue weighted by atomic mass is 10.2. The Hall–Kier alpha value is -1.20. The third-order valence-corrected chi connectivity index (χ3v) is 4.10. The van der Waals surface area contributed by atoms with Crippen LogP contribution in [0.4, 0.5) is 4.39 Å². The summed E-state index contributed by atoms with van der Waals surface area (Å²) in [7, 11) is 0. The summed E-state index contributed by atoms with van der Waals surface area (Å²) >= 11 is 9.01. The van der Waals surface area contributed by atoms with Crippen molar-refractivity contribution in [1.82, 2.24) is 9.97 Å². The maximum atomic E-state index is 13.1. The zero-order valence-corrected chi connectivity index (χ0v) is 12.1. The van der Waals surface area contributed by atoms with Crippen LogP contribution < -0.4 is 5.56 Å². The van der Waals surface area contributed by atoms with Crippen molar-refractivity contribution in [2.75, 3.05) is 0 Å². The first kappa shape index (κ1) is 12.8. The van der Waals surface area contributed by atoms with Crippen LogP contribution in [-0.2, 0) is 0 Å². The van der Waals surface area contributed by atoms with Crippen molar-refractivity contribution in [1.29, 1.82) is 0 Å². The molecule has 98 valence electrons. The van der Waals surface area contributed by atoms with Crippen molar-refractivity contribution in [2.24, 2.45) is 0 Å². The second-order valence-electron chi connectivity index (χ2n) is 4.52. The molecule has 0 bridgehead atoms. The minimum absolute atomic E-state index is 0.0102. The standard InChI is InChI=1S/C13H9BrClFN2O/c14-10-11(6-1-2-6)17-12(18-13(10)19)7-3-4-9(16)8(15)5-7/h3-6H,1-2H2,(H,17,18,19). The van der Waals surface area contributed by atoms with Crippen molar-refractivity contribution in [3.63, 3.8) is 0 Å². The first-order valence-electron chi connectivity index (χ1n) is 5.81. The van der Waals surface area contributed by atoms with E-state index >= 15 is 0 Å². The zero-order chi connectivity index (χ0) is 13.6. The van der Waals surface area contributed by atoms with Gasteiger partial charge in [0.25, 0.3) is 5.56 Å². The van der Waals surface area contributed by atoms with Crippen LogP contribution in [0.1, 0.15) is 24.5 Å². The van der Waals surface area contributed by atoms with Gasteiger partial charge in [-0.15, -0.1) is 0 Å². The van der Waals surface area contributed by atoms with Crippen molar-refractivity contribution < 1.29 is 4.39 Å². The number of H-pyrrole nitrogens is 1. The fourth-order valence-corrected chi connectivity index (χ4v) is 2.58. The number of rotatable bonds is 2. The smallest absolute Gasteiger partial charge is 0.265 e. The van der Waals surface area contributed by atoms with Gasteiger partial charge in [0.15, 0.2) is 0 Å². The zero-order valence-electron chi connectivity index (χ0n) is 9.71. The Morgan fingerprint density at radius 1 is 1.42 bits per heavy atom. The molecular formula is C13H9BrClFN2O. The summed E-state index contributed by atoms with van der Waals surface area (Å²) in [6, 6.07) is 4.26. The molecule has 1 aromatic heterocycles. The van der Waals surface area contributed by atoms with Gasteiger partial charge in [-0.25, -0.2) is 9.37 Å². The fraction of sp³-hybridized carbons (Fsp3) is 0.231. The second kappa shape index (κ2) is 4.72. The number of aromatic amines is 1. The number of aromatic nitrogens is 2. The quantitative estimate of drug-likeness (QED) is 0.899. The lowest BCUT2D eigenvalue weighted by Crippen LogP contribution is -2.13. The lowest BCUT2D eigenvalue weighted by Gasteiger charge is -2.06. The number of benzene rings is 1. The Kier molecular flexibility index (Phi) is 3.19. The van der Waals surface area contributed by atoms with E-state index in [1.54, 1.807) is 6.07 Å². The molecule has 1 fully saturated rings. The van der Waals surface area contributed by atoms with Crippen LogP contribution in [0.15, 0.2) is 27.5 Å². The molecule has 0 unspecified atom stereocenters. The van der Waals surface area contributed by atoms with Crippen molar-refractivity contribution in [3.8, 4) is 11.4 Å². The normalized spacial score (nSPS) is 14.7. The van der Waals surface area contributed by atoms with E-state index < -0.39 is 5.82 Å². The van der Waals surface area contributed by atoms with Gasteiger partial charge in [0, 0.05) is 11.5 Å². The average Bonchev–Trinajstić information content (AvgIpc) is 3.20. The third kappa shape index (κ3) is 2.44. The molecule has 3 nitrogen and oxygen atoms in total. The SMILES string of the molecule is O=c1[nH]c(-c2ccc(F)c(Cl)c2)nc(C2CC2)c1Br. The number of halogens is 3. The summed E-state index contributed by atoms with van der Waals surface area (Å²) in [6.07, 6.45) is 2.08. The predicted octanol–water partition coefficient (Wildman–Crippen LogP) is 3.87. The van der Waals surface area contributed by atoms with Crippen molar-refractivity contribution in [2.45, 2.75) is 18.8 Å². The molecule has 0 atom stereocenters. The summed E-state index contributed by atoms with van der Waals surface area (Å²) in [5.41, 5.74) is 1.13. The number of hydrogen-bond acceptors (Lipinski definition) is 2. The highest BCUT2D eigenvalue weighted by Gasteiger charge is 2.29. The van der Waals surface area contributed by atoms with E-state index in [-0.39, 0.29) is 10.6 Å². The van der Waals surface area contributed by atoms with E-state index in [2.05, 4.69) is 25.9 Å². The lowest BCUT2D eigenvalue weighted by molar-refractivity contribution is 0.628. The Morgan fingerprint density at radius 2 is 2.16 bits per heavy atom. The minimum Gasteiger partial charge on any atom is -0.306 e. The van der Waals surface area contributed by atoms with Crippen molar-refractivity contribution in [3.05, 3.63) is 49.6 Å². The average molecular weight is 344 g/mol. The molecule has 1 heterocycles. The predicted molar refractivity (Wildman–Crippen MR) is 74.9 cm³/mol. The highest BCUT2D eigenvalue weighted by molar-refractivity contribution is 9.10. The van der Waals surface area contributed by atoms with Gasteiger partial charge >= 0.3 is 0 Å². The second-order valence-corrected chi connectivity index (χ2v) is 5.72. The van der Waals surface area contributed by atoms with E-state index in [1.165, 1.54) is 12.1 Å². The first-order valence-corrected chi connectivity index (χ1v) is 6.98. The molecule has 3 rings (SSSR count). The van der Waals surface area contributed by atoms with Crippen LogP contribution in [0, 0.1) is 5.82 Å². The van der Waals surface area contributed by atoms with Gasteiger partial charge in [0.05, 0.1) is 10.7 Å². The van der Waals surface area contributed by atoms with Gasteiger partial charge in [-0.1, -0.05) is 11.6 Å². The maximum Gasteiger partial charge on any atom is 0.265 e. The molecule has 1 saturated carbocycles. The molecular weight excluding hydrogens is 335 g/mol. The summed E-state index contributed by atoms with van der Waals surface area (Å²) < 4.78 is 13.6. The first-order chi connectivity index (χ1) is 9.06. The summed E-state index contributed by atoms with van der Waals surface area (Å²) in [5.74, 6) is 0.260. The Bertz CT molecular complexity index is 712. The van der Waals surface area contributed by atoms with Gasteiger partial charge in [-0.3, -0.25) is 4.79 Å². The number of hydrogen-bond donors (Lipinski definition) is 1. The monoisotopic (exact) mass is 342 g/mol. The van der Waals surface area contributed by atoms with E-state index in [9.17, 15) is 9.18 Å². The molecule has 19 heavy (non-hydrogen) atoms. The maximum absolute atomic E-state index is 13.1. The van der Waals surface area contributed by atoms with Crippen molar-refractivity contribution >= 4 is 27.5 Å². The molecule has 0 aliphatic heterocycles. The molecule has 1 aliphatic rings. The van der Waals surface area contributed by atoms with Gasteiger partial charge in [-0.2, -0.15) is 0 Å². The molecule has 0 radical (unpaired) electrons. The van der Waals surface area contributed by atoms with Gasteiger partial charge in [0.2, 0.25) is 0 Å². The van der Waals surface area contributed by atoms with E-state index in [1.807, 2.05) is 0 Å². The molecule has 6 heteroatoms.